The molecule has 0 aliphatic rings. The lowest BCUT2D eigenvalue weighted by atomic mass is 10.1. The van der Waals surface area contributed by atoms with Crippen LogP contribution in [0.4, 0.5) is 10.1 Å². The molecule has 0 fully saturated rings. The average Bonchev–Trinajstić information content (AvgIpc) is 2.89. The molecule has 0 radical (unpaired) electrons. The highest BCUT2D eigenvalue weighted by atomic mass is 19.1. The molecule has 1 aromatic heterocycles. The van der Waals surface area contributed by atoms with Crippen LogP contribution in [-0.4, -0.2) is 33.4 Å². The maximum absolute atomic E-state index is 13.5. The summed E-state index contributed by atoms with van der Waals surface area (Å²) in [4.78, 5) is 0. The fourth-order valence-electron chi connectivity index (χ4n) is 1.80. The second kappa shape index (κ2) is 7.12. The number of nitrogens with zero attached hydrogens (tertiary/aromatic N) is 4. The minimum atomic E-state index is -0.477. The molecule has 0 bridgehead atoms. The van der Waals surface area contributed by atoms with Crippen molar-refractivity contribution in [3.8, 4) is 11.4 Å². The predicted molar refractivity (Wildman–Crippen MR) is 77.9 cm³/mol. The van der Waals surface area contributed by atoms with Gasteiger partial charge in [-0.2, -0.15) is 0 Å². The van der Waals surface area contributed by atoms with E-state index in [4.69, 9.17) is 10.5 Å². The maximum Gasteiger partial charge on any atom is 0.182 e. The number of hydrogen-bond donors (Lipinski definition) is 1. The Hall–Kier alpha value is -2.02. The van der Waals surface area contributed by atoms with Gasteiger partial charge in [0.2, 0.25) is 0 Å². The maximum atomic E-state index is 13.5. The Balaban J connectivity index is 1.96. The third-order valence-electron chi connectivity index (χ3n) is 3.08. The first-order valence-corrected chi connectivity index (χ1v) is 6.97. The first-order chi connectivity index (χ1) is 10.1. The second-order valence-electron chi connectivity index (χ2n) is 5.26. The van der Waals surface area contributed by atoms with Crippen LogP contribution in [-0.2, 0) is 11.3 Å². The minimum Gasteiger partial charge on any atom is -0.396 e. The number of aromatic nitrogens is 4. The Labute approximate surface area is 123 Å². The van der Waals surface area contributed by atoms with Crippen molar-refractivity contribution in [1.82, 2.24) is 20.2 Å². The van der Waals surface area contributed by atoms with Crippen molar-refractivity contribution in [3.63, 3.8) is 0 Å². The van der Waals surface area contributed by atoms with E-state index in [1.165, 1.54) is 12.1 Å². The molecule has 2 N–H and O–H groups in total. The second-order valence-corrected chi connectivity index (χ2v) is 5.26. The summed E-state index contributed by atoms with van der Waals surface area (Å²) < 4.78 is 20.6. The molecule has 0 aliphatic carbocycles. The van der Waals surface area contributed by atoms with Crippen LogP contribution in [0, 0.1) is 11.7 Å². The van der Waals surface area contributed by atoms with E-state index in [1.54, 1.807) is 10.7 Å². The molecular weight excluding hydrogens is 273 g/mol. The zero-order chi connectivity index (χ0) is 15.2. The molecule has 114 valence electrons. The van der Waals surface area contributed by atoms with Crippen molar-refractivity contribution in [2.24, 2.45) is 5.92 Å². The van der Waals surface area contributed by atoms with Gasteiger partial charge in [-0.05, 0) is 41.0 Å². The van der Waals surface area contributed by atoms with E-state index in [0.29, 0.717) is 37.1 Å². The molecule has 2 aromatic rings. The molecule has 0 saturated heterocycles. The predicted octanol–water partition coefficient (Wildman–Crippen LogP) is 2.12. The largest absolute Gasteiger partial charge is 0.396 e. The third kappa shape index (κ3) is 4.22. The van der Waals surface area contributed by atoms with E-state index in [1.807, 2.05) is 0 Å². The first kappa shape index (κ1) is 15.4. The highest BCUT2D eigenvalue weighted by Crippen LogP contribution is 2.20. The highest BCUT2D eigenvalue weighted by molar-refractivity contribution is 5.58. The van der Waals surface area contributed by atoms with Crippen LogP contribution in [0.15, 0.2) is 18.2 Å². The van der Waals surface area contributed by atoms with Gasteiger partial charge in [0.1, 0.15) is 5.82 Å². The Morgan fingerprint density at radius 2 is 2.14 bits per heavy atom. The Bertz CT molecular complexity index is 584. The molecule has 2 rings (SSSR count). The molecule has 0 atom stereocenters. The van der Waals surface area contributed by atoms with Crippen LogP contribution in [0.1, 0.15) is 20.3 Å². The number of hydrogen-bond acceptors (Lipinski definition) is 5. The number of halogens is 1. The van der Waals surface area contributed by atoms with Crippen LogP contribution >= 0.6 is 0 Å². The topological polar surface area (TPSA) is 78.8 Å². The monoisotopic (exact) mass is 293 g/mol. The van der Waals surface area contributed by atoms with Crippen molar-refractivity contribution in [3.05, 3.63) is 24.0 Å². The van der Waals surface area contributed by atoms with E-state index in [2.05, 4.69) is 29.4 Å². The number of anilines is 1. The number of rotatable bonds is 7. The number of tetrazole rings is 1. The molecule has 0 amide bonds. The first-order valence-electron chi connectivity index (χ1n) is 6.97. The van der Waals surface area contributed by atoms with E-state index in [9.17, 15) is 4.39 Å². The molecule has 21 heavy (non-hydrogen) atoms. The quantitative estimate of drug-likeness (QED) is 0.625. The summed E-state index contributed by atoms with van der Waals surface area (Å²) in [6, 6.07) is 4.53. The van der Waals surface area contributed by atoms with E-state index in [0.717, 1.165) is 6.42 Å². The van der Waals surface area contributed by atoms with Gasteiger partial charge in [0, 0.05) is 12.2 Å². The van der Waals surface area contributed by atoms with E-state index >= 15 is 0 Å². The van der Waals surface area contributed by atoms with Crippen LogP contribution < -0.4 is 5.73 Å². The smallest absolute Gasteiger partial charge is 0.182 e. The van der Waals surface area contributed by atoms with Gasteiger partial charge >= 0.3 is 0 Å². The standard InChI is InChI=1S/C14H20FN5O/c1-10(2)5-7-21-8-6-20-14(17-18-19-20)11-3-4-13(16)12(15)9-11/h3-4,9-10H,5-8,16H2,1-2H3. The SMILES string of the molecule is CC(C)CCOCCn1nnnc1-c1ccc(N)c(F)c1. The molecule has 0 spiro atoms. The molecule has 1 aromatic carbocycles. The molecule has 6 nitrogen and oxygen atoms in total. The molecule has 7 heteroatoms. The molecule has 0 aliphatic heterocycles. The lowest BCUT2D eigenvalue weighted by Gasteiger charge is -2.08. The Kier molecular flexibility index (Phi) is 5.21. The van der Waals surface area contributed by atoms with Crippen molar-refractivity contribution in [2.45, 2.75) is 26.8 Å². The molecular formula is C14H20FN5O. The minimum absolute atomic E-state index is 0.106. The Morgan fingerprint density at radius 3 is 2.86 bits per heavy atom. The lowest BCUT2D eigenvalue weighted by molar-refractivity contribution is 0.114. The van der Waals surface area contributed by atoms with Crippen LogP contribution in [0.5, 0.6) is 0 Å². The summed E-state index contributed by atoms with van der Waals surface area (Å²) >= 11 is 0. The summed E-state index contributed by atoms with van der Waals surface area (Å²) in [5.74, 6) is 0.642. The van der Waals surface area contributed by atoms with Crippen molar-refractivity contribution in [2.75, 3.05) is 18.9 Å². The van der Waals surface area contributed by atoms with Gasteiger partial charge in [-0.25, -0.2) is 9.07 Å². The van der Waals surface area contributed by atoms with Gasteiger partial charge in [-0.1, -0.05) is 13.8 Å². The normalized spacial score (nSPS) is 11.2. The van der Waals surface area contributed by atoms with Gasteiger partial charge < -0.3 is 10.5 Å². The third-order valence-corrected chi connectivity index (χ3v) is 3.08. The van der Waals surface area contributed by atoms with Gasteiger partial charge in [0.25, 0.3) is 0 Å². The lowest BCUT2D eigenvalue weighted by Crippen LogP contribution is -2.10. The van der Waals surface area contributed by atoms with Gasteiger partial charge in [0.15, 0.2) is 5.82 Å². The van der Waals surface area contributed by atoms with Gasteiger partial charge in [-0.15, -0.1) is 5.10 Å². The van der Waals surface area contributed by atoms with Crippen molar-refractivity contribution >= 4 is 5.69 Å². The van der Waals surface area contributed by atoms with Crippen LogP contribution in [0.25, 0.3) is 11.4 Å². The zero-order valence-electron chi connectivity index (χ0n) is 12.3. The van der Waals surface area contributed by atoms with Gasteiger partial charge in [-0.3, -0.25) is 0 Å². The number of nitrogen functional groups attached to an aromatic ring is 1. The highest BCUT2D eigenvalue weighted by Gasteiger charge is 2.10. The van der Waals surface area contributed by atoms with Crippen molar-refractivity contribution in [1.29, 1.82) is 0 Å². The summed E-state index contributed by atoms with van der Waals surface area (Å²) in [6.07, 6.45) is 1.02. The van der Waals surface area contributed by atoms with Crippen LogP contribution in [0.3, 0.4) is 0 Å². The average molecular weight is 293 g/mol. The zero-order valence-corrected chi connectivity index (χ0v) is 12.3. The van der Waals surface area contributed by atoms with Crippen LogP contribution in [0.2, 0.25) is 0 Å². The fourth-order valence-corrected chi connectivity index (χ4v) is 1.80. The number of ether oxygens (including phenoxy) is 1. The molecule has 0 saturated carbocycles. The molecule has 1 heterocycles. The van der Waals surface area contributed by atoms with E-state index < -0.39 is 5.82 Å². The Morgan fingerprint density at radius 1 is 1.33 bits per heavy atom. The number of benzene rings is 1. The summed E-state index contributed by atoms with van der Waals surface area (Å²) in [7, 11) is 0. The fraction of sp³-hybridized carbons (Fsp3) is 0.500. The summed E-state index contributed by atoms with van der Waals surface area (Å²) in [5, 5.41) is 11.5. The summed E-state index contributed by atoms with van der Waals surface area (Å²) in [6.45, 7) is 6.05. The van der Waals surface area contributed by atoms with Crippen molar-refractivity contribution < 1.29 is 9.13 Å². The summed E-state index contributed by atoms with van der Waals surface area (Å²) in [5.41, 5.74) is 6.16. The van der Waals surface area contributed by atoms with E-state index in [-0.39, 0.29) is 5.69 Å². The molecule has 0 unspecified atom stereocenters. The number of nitrogens with two attached hydrogens (primary N) is 1. The van der Waals surface area contributed by atoms with Gasteiger partial charge in [0.05, 0.1) is 18.8 Å².